The number of rotatable bonds is 7. The van der Waals surface area contributed by atoms with Crippen molar-refractivity contribution in [3.05, 3.63) is 114 Å². The molecule has 0 spiro atoms. The second kappa shape index (κ2) is 9.81. The molecule has 0 fully saturated rings. The number of carbonyl (C=O) groups excluding carboxylic acids is 2. The van der Waals surface area contributed by atoms with Crippen LogP contribution in [0.4, 0.5) is 0 Å². The van der Waals surface area contributed by atoms with E-state index < -0.39 is 6.04 Å². The minimum absolute atomic E-state index is 0.159. The molecule has 2 N–H and O–H groups in total. The van der Waals surface area contributed by atoms with Crippen molar-refractivity contribution in [1.29, 1.82) is 0 Å². The smallest absolute Gasteiger partial charge is 0.251 e. The number of hydrogen-bond acceptors (Lipinski definition) is 3. The van der Waals surface area contributed by atoms with Crippen molar-refractivity contribution >= 4 is 33.6 Å². The Morgan fingerprint density at radius 3 is 2.37 bits per heavy atom. The molecule has 5 aromatic rings. The number of fused-ring (bicyclic) bond motifs is 2. The summed E-state index contributed by atoms with van der Waals surface area (Å²) in [6.07, 6.45) is 0.159. The lowest BCUT2D eigenvalue weighted by molar-refractivity contribution is -0.121. The van der Waals surface area contributed by atoms with E-state index in [4.69, 9.17) is 4.98 Å². The van der Waals surface area contributed by atoms with Crippen LogP contribution in [-0.2, 0) is 11.8 Å². The maximum atomic E-state index is 12.9. The van der Waals surface area contributed by atoms with Crippen LogP contribution >= 0.6 is 0 Å². The monoisotopic (exact) mass is 462 g/mol. The van der Waals surface area contributed by atoms with E-state index >= 15 is 0 Å². The number of carbonyl (C=O) groups is 2. The van der Waals surface area contributed by atoms with Crippen molar-refractivity contribution in [2.45, 2.75) is 12.5 Å². The minimum atomic E-state index is -0.405. The molecule has 0 aliphatic rings. The lowest BCUT2D eigenvalue weighted by atomic mass is 10.1. The summed E-state index contributed by atoms with van der Waals surface area (Å²) in [5.41, 5.74) is 3.40. The molecule has 6 heteroatoms. The summed E-state index contributed by atoms with van der Waals surface area (Å²) in [6, 6.07) is 30.8. The number of nitrogens with one attached hydrogen (secondary N) is 2. The Kier molecular flexibility index (Phi) is 6.26. The largest absolute Gasteiger partial charge is 0.352 e. The Bertz CT molecular complexity index is 1510. The van der Waals surface area contributed by atoms with Crippen molar-refractivity contribution < 1.29 is 9.59 Å². The van der Waals surface area contributed by atoms with E-state index in [1.807, 2.05) is 103 Å². The fourth-order valence-electron chi connectivity index (χ4n) is 4.32. The Morgan fingerprint density at radius 1 is 0.857 bits per heavy atom. The topological polar surface area (TPSA) is 76.0 Å². The number of aromatic nitrogens is 2. The number of para-hydroxylation sites is 2. The number of imidazole rings is 1. The highest BCUT2D eigenvalue weighted by Crippen LogP contribution is 2.25. The van der Waals surface area contributed by atoms with Gasteiger partial charge < -0.3 is 15.2 Å². The normalized spacial score (nSPS) is 11.9. The van der Waals surface area contributed by atoms with Crippen LogP contribution in [0.5, 0.6) is 0 Å². The number of nitrogens with zero attached hydrogens (tertiary/aromatic N) is 2. The van der Waals surface area contributed by atoms with E-state index in [-0.39, 0.29) is 24.8 Å². The van der Waals surface area contributed by atoms with Gasteiger partial charge in [-0.05, 0) is 40.6 Å². The van der Waals surface area contributed by atoms with E-state index in [2.05, 4.69) is 10.6 Å². The molecule has 6 nitrogen and oxygen atoms in total. The molecule has 1 heterocycles. The van der Waals surface area contributed by atoms with Gasteiger partial charge in [-0.15, -0.1) is 0 Å². The predicted octanol–water partition coefficient (Wildman–Crippen LogP) is 4.75. The summed E-state index contributed by atoms with van der Waals surface area (Å²) >= 11 is 0. The lowest BCUT2D eigenvalue weighted by Crippen LogP contribution is -2.34. The van der Waals surface area contributed by atoms with E-state index in [0.29, 0.717) is 5.56 Å². The predicted molar refractivity (Wildman–Crippen MR) is 138 cm³/mol. The van der Waals surface area contributed by atoms with E-state index in [0.717, 1.165) is 33.2 Å². The Labute approximate surface area is 203 Å². The van der Waals surface area contributed by atoms with Crippen molar-refractivity contribution in [2.24, 2.45) is 7.05 Å². The van der Waals surface area contributed by atoms with Gasteiger partial charge in [-0.3, -0.25) is 9.59 Å². The molecule has 2 amide bonds. The molecule has 0 aliphatic heterocycles. The molecule has 4 aromatic carbocycles. The van der Waals surface area contributed by atoms with Crippen LogP contribution < -0.4 is 10.6 Å². The van der Waals surface area contributed by atoms with Gasteiger partial charge in [0.2, 0.25) is 5.91 Å². The molecule has 1 atom stereocenters. The third-order valence-electron chi connectivity index (χ3n) is 6.17. The molecule has 0 saturated heterocycles. The molecule has 0 bridgehead atoms. The summed E-state index contributed by atoms with van der Waals surface area (Å²) in [5.74, 6) is 0.397. The highest BCUT2D eigenvalue weighted by molar-refractivity contribution is 5.98. The van der Waals surface area contributed by atoms with Gasteiger partial charge in [-0.2, -0.15) is 0 Å². The number of aryl methyl sites for hydroxylation is 1. The maximum absolute atomic E-state index is 12.9. The zero-order chi connectivity index (χ0) is 24.2. The first kappa shape index (κ1) is 22.3. The Hall–Kier alpha value is -4.45. The third-order valence-corrected chi connectivity index (χ3v) is 6.17. The zero-order valence-electron chi connectivity index (χ0n) is 19.4. The summed E-state index contributed by atoms with van der Waals surface area (Å²) in [4.78, 5) is 30.3. The molecule has 35 heavy (non-hydrogen) atoms. The van der Waals surface area contributed by atoms with Crippen molar-refractivity contribution in [3.8, 4) is 0 Å². The lowest BCUT2D eigenvalue weighted by Gasteiger charge is -2.19. The van der Waals surface area contributed by atoms with Crippen LogP contribution in [0.3, 0.4) is 0 Å². The second-order valence-corrected chi connectivity index (χ2v) is 8.50. The van der Waals surface area contributed by atoms with Gasteiger partial charge in [-0.1, -0.05) is 72.8 Å². The minimum Gasteiger partial charge on any atom is -0.352 e. The van der Waals surface area contributed by atoms with Gasteiger partial charge >= 0.3 is 0 Å². The summed E-state index contributed by atoms with van der Waals surface area (Å²) in [5, 5.41) is 8.06. The van der Waals surface area contributed by atoms with Gasteiger partial charge in [-0.25, -0.2) is 4.98 Å². The molecule has 0 radical (unpaired) electrons. The van der Waals surface area contributed by atoms with E-state index in [9.17, 15) is 9.59 Å². The fraction of sp³-hybridized carbons (Fsp3) is 0.138. The first-order valence-electron chi connectivity index (χ1n) is 11.6. The molecule has 174 valence electrons. The molecule has 1 aromatic heterocycles. The maximum Gasteiger partial charge on any atom is 0.251 e. The Morgan fingerprint density at radius 2 is 1.57 bits per heavy atom. The molecule has 0 aliphatic carbocycles. The first-order valence-corrected chi connectivity index (χ1v) is 11.6. The average Bonchev–Trinajstić information content (AvgIpc) is 3.23. The van der Waals surface area contributed by atoms with Crippen molar-refractivity contribution in [1.82, 2.24) is 20.2 Å². The number of amides is 2. The van der Waals surface area contributed by atoms with Gasteiger partial charge in [0, 0.05) is 25.6 Å². The SMILES string of the molecule is Cn1c(C(NC(=O)CCNC(=O)c2ccc3ccccc3c2)c2ccccc2)nc2ccccc21. The molecular weight excluding hydrogens is 436 g/mol. The molecular formula is C29H26N4O2. The highest BCUT2D eigenvalue weighted by atomic mass is 16.2. The molecule has 5 rings (SSSR count). The highest BCUT2D eigenvalue weighted by Gasteiger charge is 2.22. The van der Waals surface area contributed by atoms with Crippen molar-refractivity contribution in [2.75, 3.05) is 6.54 Å². The Balaban J connectivity index is 1.27. The third kappa shape index (κ3) is 4.77. The number of hydrogen-bond donors (Lipinski definition) is 2. The first-order chi connectivity index (χ1) is 17.1. The zero-order valence-corrected chi connectivity index (χ0v) is 19.4. The van der Waals surface area contributed by atoms with Gasteiger partial charge in [0.1, 0.15) is 11.9 Å². The average molecular weight is 463 g/mol. The summed E-state index contributed by atoms with van der Waals surface area (Å²) < 4.78 is 2.01. The van der Waals surface area contributed by atoms with Gasteiger partial charge in [0.05, 0.1) is 11.0 Å². The second-order valence-electron chi connectivity index (χ2n) is 8.50. The van der Waals surface area contributed by atoms with Crippen molar-refractivity contribution in [3.63, 3.8) is 0 Å². The number of benzene rings is 4. The van der Waals surface area contributed by atoms with Crippen LogP contribution in [0, 0.1) is 0 Å². The van der Waals surface area contributed by atoms with Crippen LogP contribution in [-0.4, -0.2) is 27.9 Å². The van der Waals surface area contributed by atoms with Gasteiger partial charge in [0.15, 0.2) is 0 Å². The fourth-order valence-corrected chi connectivity index (χ4v) is 4.32. The van der Waals surface area contributed by atoms with Crippen LogP contribution in [0.15, 0.2) is 97.1 Å². The quantitative estimate of drug-likeness (QED) is 0.366. The van der Waals surface area contributed by atoms with Crippen LogP contribution in [0.1, 0.15) is 34.2 Å². The molecule has 1 unspecified atom stereocenters. The van der Waals surface area contributed by atoms with Gasteiger partial charge in [0.25, 0.3) is 5.91 Å². The van der Waals surface area contributed by atoms with E-state index in [1.54, 1.807) is 6.07 Å². The van der Waals surface area contributed by atoms with Crippen LogP contribution in [0.2, 0.25) is 0 Å². The summed E-state index contributed by atoms with van der Waals surface area (Å²) in [6.45, 7) is 0.238. The van der Waals surface area contributed by atoms with Crippen LogP contribution in [0.25, 0.3) is 21.8 Å². The summed E-state index contributed by atoms with van der Waals surface area (Å²) in [7, 11) is 1.95. The van der Waals surface area contributed by atoms with E-state index in [1.165, 1.54) is 0 Å². The standard InChI is InChI=1S/C29H26N4O2/c1-33-25-14-8-7-13-24(25)31-28(33)27(21-10-3-2-4-11-21)32-26(34)17-18-30-29(35)23-16-15-20-9-5-6-12-22(20)19-23/h2-16,19,27H,17-18H2,1H3,(H,30,35)(H,32,34). The molecule has 0 saturated carbocycles.